The van der Waals surface area contributed by atoms with Crippen LogP contribution in [0.15, 0.2) is 174 Å². The summed E-state index contributed by atoms with van der Waals surface area (Å²) in [5.41, 5.74) is 15.1. The molecule has 0 amide bonds. The van der Waals surface area contributed by atoms with Crippen molar-refractivity contribution in [1.29, 1.82) is 0 Å². The van der Waals surface area contributed by atoms with Crippen molar-refractivity contribution in [1.82, 2.24) is 14.6 Å². The van der Waals surface area contributed by atoms with Crippen molar-refractivity contribution in [2.45, 2.75) is 19.3 Å². The zero-order valence-electron chi connectivity index (χ0n) is 30.9. The molecule has 0 bridgehead atoms. The highest BCUT2D eigenvalue weighted by atomic mass is 16.3. The summed E-state index contributed by atoms with van der Waals surface area (Å²) >= 11 is 0. The van der Waals surface area contributed by atoms with Crippen LogP contribution in [0.2, 0.25) is 0 Å². The lowest BCUT2D eigenvalue weighted by Crippen LogP contribution is -2.16. The molecule has 12 rings (SSSR count). The largest absolute Gasteiger partial charge is 0.455 e. The van der Waals surface area contributed by atoms with Crippen molar-refractivity contribution in [3.63, 3.8) is 0 Å². The second-order valence-corrected chi connectivity index (χ2v) is 15.5. The second kappa shape index (κ2) is 11.4. The van der Waals surface area contributed by atoms with Gasteiger partial charge in [0.25, 0.3) is 0 Å². The number of fused-ring (bicyclic) bond motifs is 13. The molecule has 0 saturated carbocycles. The highest BCUT2D eigenvalue weighted by Gasteiger charge is 2.35. The van der Waals surface area contributed by atoms with Crippen molar-refractivity contribution in [2.75, 3.05) is 4.90 Å². The average Bonchev–Trinajstić information content (AvgIpc) is 3.88. The van der Waals surface area contributed by atoms with Gasteiger partial charge in [0.2, 0.25) is 0 Å². The van der Waals surface area contributed by atoms with Crippen molar-refractivity contribution in [3.05, 3.63) is 181 Å². The Kier molecular flexibility index (Phi) is 6.33. The van der Waals surface area contributed by atoms with Crippen LogP contribution in [0.3, 0.4) is 0 Å². The lowest BCUT2D eigenvalue weighted by atomic mass is 9.82. The van der Waals surface area contributed by atoms with Crippen LogP contribution >= 0.6 is 0 Å². The molecule has 0 atom stereocenters. The fourth-order valence-corrected chi connectivity index (χ4v) is 9.28. The molecule has 264 valence electrons. The Morgan fingerprint density at radius 2 is 1.21 bits per heavy atom. The summed E-state index contributed by atoms with van der Waals surface area (Å²) in [5.74, 6) is 0. The molecular formula is C51H34N4O. The Morgan fingerprint density at radius 1 is 0.536 bits per heavy atom. The van der Waals surface area contributed by atoms with Crippen LogP contribution in [0.1, 0.15) is 25.0 Å². The Morgan fingerprint density at radius 3 is 2.09 bits per heavy atom. The van der Waals surface area contributed by atoms with Gasteiger partial charge in [-0.05, 0) is 82.9 Å². The van der Waals surface area contributed by atoms with Crippen LogP contribution in [0, 0.1) is 0 Å². The Labute approximate surface area is 322 Å². The van der Waals surface area contributed by atoms with Crippen LogP contribution in [0.25, 0.3) is 82.4 Å². The molecule has 11 aromatic rings. The number of furan rings is 1. The van der Waals surface area contributed by atoms with Gasteiger partial charge in [-0.2, -0.15) is 5.10 Å². The maximum Gasteiger partial charge on any atom is 0.144 e. The van der Waals surface area contributed by atoms with Gasteiger partial charge in [0.1, 0.15) is 11.2 Å². The van der Waals surface area contributed by atoms with Gasteiger partial charge in [0.05, 0.1) is 34.1 Å². The van der Waals surface area contributed by atoms with Crippen molar-refractivity contribution in [3.8, 4) is 22.4 Å². The number of hydrogen-bond donors (Lipinski definition) is 0. The summed E-state index contributed by atoms with van der Waals surface area (Å²) in [6, 6.07) is 58.4. The normalized spacial score (nSPS) is 13.3. The van der Waals surface area contributed by atoms with E-state index in [0.29, 0.717) is 0 Å². The van der Waals surface area contributed by atoms with Crippen LogP contribution in [0.5, 0.6) is 0 Å². The molecule has 56 heavy (non-hydrogen) atoms. The maximum absolute atomic E-state index is 6.59. The number of benzene rings is 7. The highest BCUT2D eigenvalue weighted by Crippen LogP contribution is 2.51. The molecule has 5 nitrogen and oxygen atoms in total. The highest BCUT2D eigenvalue weighted by molar-refractivity contribution is 6.24. The van der Waals surface area contributed by atoms with E-state index in [1.807, 2.05) is 22.7 Å². The van der Waals surface area contributed by atoms with E-state index in [0.717, 1.165) is 88.4 Å². The summed E-state index contributed by atoms with van der Waals surface area (Å²) in [7, 11) is 0. The molecule has 4 heterocycles. The van der Waals surface area contributed by atoms with Gasteiger partial charge >= 0.3 is 0 Å². The zero-order chi connectivity index (χ0) is 37.1. The van der Waals surface area contributed by atoms with Gasteiger partial charge < -0.3 is 9.32 Å². The molecule has 0 aliphatic heterocycles. The molecule has 0 saturated heterocycles. The first-order valence-corrected chi connectivity index (χ1v) is 19.2. The SMILES string of the molecule is CC1(C)c2ccccc2-c2ccc(N(c3ccc(-c4nc5ccccc5c5c4ccc4c6ccccc6oc45)cc3)c3ccc4c5ccccc5nn4c3)cc21. The number of hydrogen-bond acceptors (Lipinski definition) is 4. The summed E-state index contributed by atoms with van der Waals surface area (Å²) in [6.45, 7) is 4.67. The van der Waals surface area contributed by atoms with E-state index in [9.17, 15) is 0 Å². The number of pyridine rings is 2. The van der Waals surface area contributed by atoms with Crippen LogP contribution in [-0.4, -0.2) is 14.6 Å². The molecular weight excluding hydrogens is 685 g/mol. The first-order valence-electron chi connectivity index (χ1n) is 19.2. The van der Waals surface area contributed by atoms with Crippen LogP contribution in [-0.2, 0) is 5.41 Å². The zero-order valence-corrected chi connectivity index (χ0v) is 30.9. The van der Waals surface area contributed by atoms with Gasteiger partial charge in [0.15, 0.2) is 0 Å². The smallest absolute Gasteiger partial charge is 0.144 e. The second-order valence-electron chi connectivity index (χ2n) is 15.5. The third-order valence-electron chi connectivity index (χ3n) is 12.0. The number of para-hydroxylation sites is 2. The summed E-state index contributed by atoms with van der Waals surface area (Å²) in [5, 5.41) is 11.6. The summed E-state index contributed by atoms with van der Waals surface area (Å²) in [4.78, 5) is 7.63. The van der Waals surface area contributed by atoms with E-state index < -0.39 is 0 Å². The minimum absolute atomic E-state index is 0.130. The van der Waals surface area contributed by atoms with Crippen LogP contribution < -0.4 is 4.90 Å². The minimum Gasteiger partial charge on any atom is -0.455 e. The van der Waals surface area contributed by atoms with E-state index >= 15 is 0 Å². The Balaban J connectivity index is 1.04. The Bertz CT molecular complexity index is 3410. The molecule has 1 aliphatic rings. The topological polar surface area (TPSA) is 46.6 Å². The third kappa shape index (κ3) is 4.37. The first-order chi connectivity index (χ1) is 27.5. The third-order valence-corrected chi connectivity index (χ3v) is 12.0. The van der Waals surface area contributed by atoms with Gasteiger partial charge in [-0.15, -0.1) is 0 Å². The number of anilines is 3. The van der Waals surface area contributed by atoms with Gasteiger partial charge in [-0.25, -0.2) is 9.50 Å². The summed E-state index contributed by atoms with van der Waals surface area (Å²) < 4.78 is 8.60. The molecule has 5 heteroatoms. The summed E-state index contributed by atoms with van der Waals surface area (Å²) in [6.07, 6.45) is 2.15. The first kappa shape index (κ1) is 31.1. The van der Waals surface area contributed by atoms with E-state index in [1.165, 1.54) is 22.3 Å². The molecule has 1 aliphatic carbocycles. The van der Waals surface area contributed by atoms with Gasteiger partial charge in [-0.3, -0.25) is 0 Å². The lowest BCUT2D eigenvalue weighted by Gasteiger charge is -2.28. The monoisotopic (exact) mass is 718 g/mol. The maximum atomic E-state index is 6.59. The number of nitrogens with zero attached hydrogens (tertiary/aromatic N) is 4. The predicted molar refractivity (Wildman–Crippen MR) is 230 cm³/mol. The number of aromatic nitrogens is 3. The van der Waals surface area contributed by atoms with Crippen molar-refractivity contribution < 1.29 is 4.42 Å². The number of rotatable bonds is 4. The molecule has 0 unspecified atom stereocenters. The van der Waals surface area contributed by atoms with E-state index in [4.69, 9.17) is 14.5 Å². The van der Waals surface area contributed by atoms with E-state index in [1.54, 1.807) is 0 Å². The molecule has 0 N–H and O–H groups in total. The Hall–Kier alpha value is -7.24. The fourth-order valence-electron chi connectivity index (χ4n) is 9.28. The van der Waals surface area contributed by atoms with E-state index in [2.05, 4.69) is 171 Å². The molecule has 7 aromatic carbocycles. The standard InChI is InChI=1S/C51H34N4O/c1-51(2)42-15-7-3-11-35(42)36-25-23-33(29-43(36)51)55(34-24-28-46-39-13-4-9-17-45(39)53-54(46)30-34)32-21-19-31(20-22-32)49-41-27-26-38-37-12-6-10-18-47(37)56-50(38)48(41)40-14-5-8-16-44(40)52-49/h3-30H,1-2H3. The van der Waals surface area contributed by atoms with Crippen molar-refractivity contribution >= 4 is 77.1 Å². The van der Waals surface area contributed by atoms with E-state index in [-0.39, 0.29) is 5.41 Å². The minimum atomic E-state index is -0.130. The average molecular weight is 719 g/mol. The van der Waals surface area contributed by atoms with Crippen molar-refractivity contribution in [2.24, 2.45) is 0 Å². The fraction of sp³-hybridized carbons (Fsp3) is 0.0588. The molecule has 0 spiro atoms. The van der Waals surface area contributed by atoms with Gasteiger partial charge in [-0.1, -0.05) is 117 Å². The lowest BCUT2D eigenvalue weighted by molar-refractivity contribution is 0.660. The molecule has 0 fully saturated rings. The quantitative estimate of drug-likeness (QED) is 0.170. The van der Waals surface area contributed by atoms with Crippen LogP contribution in [0.4, 0.5) is 17.1 Å². The van der Waals surface area contributed by atoms with Gasteiger partial charge in [0, 0.05) is 54.7 Å². The predicted octanol–water partition coefficient (Wildman–Crippen LogP) is 13.5. The molecule has 4 aromatic heterocycles. The molecule has 0 radical (unpaired) electrons.